The Kier molecular flexibility index (Phi) is 12.3. The molecule has 0 radical (unpaired) electrons. The first-order valence-electron chi connectivity index (χ1n) is 6.91. The number of hydrogen-bond donors (Lipinski definition) is 2. The minimum absolute atomic E-state index is 0.283. The molecule has 0 aromatic rings. The Morgan fingerprint density at radius 1 is 1.00 bits per heavy atom. The van der Waals surface area contributed by atoms with Crippen LogP contribution in [0.1, 0.15) is 33.1 Å². The summed E-state index contributed by atoms with van der Waals surface area (Å²) in [7, 11) is 0. The van der Waals surface area contributed by atoms with E-state index in [-0.39, 0.29) is 5.84 Å². The SMILES string of the molecule is CCOCCN(CCCCC(=N)N)CCOCC. The van der Waals surface area contributed by atoms with E-state index in [2.05, 4.69) is 4.90 Å². The molecule has 0 aromatic heterocycles. The maximum Gasteiger partial charge on any atom is 0.0905 e. The lowest BCUT2D eigenvalue weighted by atomic mass is 10.2. The number of ether oxygens (including phenoxy) is 2. The summed E-state index contributed by atoms with van der Waals surface area (Å²) >= 11 is 0. The van der Waals surface area contributed by atoms with Crippen LogP contribution in [0.5, 0.6) is 0 Å². The quantitative estimate of drug-likeness (QED) is 0.298. The Labute approximate surface area is 111 Å². The fourth-order valence-electron chi connectivity index (χ4n) is 1.66. The van der Waals surface area contributed by atoms with Crippen LogP contribution in [0, 0.1) is 5.41 Å². The van der Waals surface area contributed by atoms with Gasteiger partial charge in [0.1, 0.15) is 0 Å². The van der Waals surface area contributed by atoms with Crippen LogP contribution in [0.25, 0.3) is 0 Å². The van der Waals surface area contributed by atoms with E-state index in [9.17, 15) is 0 Å². The minimum atomic E-state index is 0.283. The number of unbranched alkanes of at least 4 members (excludes halogenated alkanes) is 1. The maximum atomic E-state index is 7.18. The summed E-state index contributed by atoms with van der Waals surface area (Å²) in [6.07, 6.45) is 2.75. The topological polar surface area (TPSA) is 71.6 Å². The van der Waals surface area contributed by atoms with Gasteiger partial charge >= 0.3 is 0 Å². The van der Waals surface area contributed by atoms with Crippen molar-refractivity contribution in [2.45, 2.75) is 33.1 Å². The Morgan fingerprint density at radius 3 is 2.00 bits per heavy atom. The molecule has 0 spiro atoms. The number of nitrogens with two attached hydrogens (primary N) is 1. The summed E-state index contributed by atoms with van der Waals surface area (Å²) in [4.78, 5) is 2.35. The number of nitrogens with one attached hydrogen (secondary N) is 1. The molecule has 0 rings (SSSR count). The Balaban J connectivity index is 3.69. The first-order valence-corrected chi connectivity index (χ1v) is 6.91. The normalized spacial score (nSPS) is 11.1. The molecule has 0 aliphatic carbocycles. The molecule has 0 atom stereocenters. The van der Waals surface area contributed by atoms with Crippen LogP contribution >= 0.6 is 0 Å². The maximum absolute atomic E-state index is 7.18. The van der Waals surface area contributed by atoms with Crippen LogP contribution in [-0.2, 0) is 9.47 Å². The van der Waals surface area contributed by atoms with E-state index < -0.39 is 0 Å². The molecule has 0 saturated heterocycles. The summed E-state index contributed by atoms with van der Waals surface area (Å²) < 4.78 is 10.8. The van der Waals surface area contributed by atoms with Gasteiger partial charge in [-0.05, 0) is 33.2 Å². The number of rotatable bonds is 13. The second-order valence-electron chi connectivity index (χ2n) is 4.22. The molecule has 0 unspecified atom stereocenters. The van der Waals surface area contributed by atoms with Crippen molar-refractivity contribution >= 4 is 5.84 Å². The van der Waals surface area contributed by atoms with Crippen molar-refractivity contribution in [3.63, 3.8) is 0 Å². The summed E-state index contributed by atoms with van der Waals surface area (Å²) in [5.41, 5.74) is 5.34. The highest BCUT2D eigenvalue weighted by Crippen LogP contribution is 1.99. The lowest BCUT2D eigenvalue weighted by Gasteiger charge is -2.21. The Morgan fingerprint density at radius 2 is 1.56 bits per heavy atom. The standard InChI is InChI=1S/C13H29N3O2/c1-3-17-11-9-16(10-12-18-4-2)8-6-5-7-13(14)15/h3-12H2,1-2H3,(H3,14,15). The van der Waals surface area contributed by atoms with Gasteiger partial charge < -0.3 is 15.2 Å². The molecule has 5 nitrogen and oxygen atoms in total. The van der Waals surface area contributed by atoms with E-state index in [0.29, 0.717) is 6.42 Å². The molecule has 0 heterocycles. The summed E-state index contributed by atoms with van der Waals surface area (Å²) in [6, 6.07) is 0. The molecular weight excluding hydrogens is 230 g/mol. The van der Waals surface area contributed by atoms with Crippen molar-refractivity contribution in [1.82, 2.24) is 4.90 Å². The van der Waals surface area contributed by atoms with Crippen LogP contribution in [0.15, 0.2) is 0 Å². The van der Waals surface area contributed by atoms with Gasteiger partial charge in [0.05, 0.1) is 19.0 Å². The highest BCUT2D eigenvalue weighted by Gasteiger charge is 2.04. The van der Waals surface area contributed by atoms with E-state index in [1.54, 1.807) is 0 Å². The molecule has 0 fully saturated rings. The predicted octanol–water partition coefficient (Wildman–Crippen LogP) is 1.47. The van der Waals surface area contributed by atoms with Gasteiger partial charge in [-0.3, -0.25) is 10.3 Å². The average Bonchev–Trinajstić information content (AvgIpc) is 2.34. The molecule has 0 aromatic carbocycles. The van der Waals surface area contributed by atoms with E-state index in [4.69, 9.17) is 20.6 Å². The Bertz CT molecular complexity index is 191. The summed E-state index contributed by atoms with van der Waals surface area (Å²) in [6.45, 7) is 10.0. The van der Waals surface area contributed by atoms with Gasteiger partial charge in [0.2, 0.25) is 0 Å². The van der Waals surface area contributed by atoms with E-state index in [1.807, 2.05) is 13.8 Å². The van der Waals surface area contributed by atoms with Crippen molar-refractivity contribution in [3.05, 3.63) is 0 Å². The van der Waals surface area contributed by atoms with Gasteiger partial charge in [0.25, 0.3) is 0 Å². The van der Waals surface area contributed by atoms with E-state index in [0.717, 1.165) is 58.9 Å². The number of nitrogens with zero attached hydrogens (tertiary/aromatic N) is 1. The molecule has 0 bridgehead atoms. The average molecular weight is 259 g/mol. The Hall–Kier alpha value is -0.650. The van der Waals surface area contributed by atoms with Crippen molar-refractivity contribution in [2.75, 3.05) is 46.1 Å². The lowest BCUT2D eigenvalue weighted by molar-refractivity contribution is 0.0822. The van der Waals surface area contributed by atoms with Crippen LogP contribution < -0.4 is 5.73 Å². The third-order valence-corrected chi connectivity index (χ3v) is 2.68. The molecule has 0 amide bonds. The van der Waals surface area contributed by atoms with Crippen LogP contribution in [0.3, 0.4) is 0 Å². The van der Waals surface area contributed by atoms with Gasteiger partial charge in [-0.15, -0.1) is 0 Å². The van der Waals surface area contributed by atoms with Gasteiger partial charge in [-0.1, -0.05) is 0 Å². The summed E-state index contributed by atoms with van der Waals surface area (Å²) in [5.74, 6) is 0.283. The van der Waals surface area contributed by atoms with E-state index in [1.165, 1.54) is 0 Å². The summed E-state index contributed by atoms with van der Waals surface area (Å²) in [5, 5.41) is 7.18. The molecule has 3 N–H and O–H groups in total. The van der Waals surface area contributed by atoms with Crippen molar-refractivity contribution in [1.29, 1.82) is 5.41 Å². The van der Waals surface area contributed by atoms with Gasteiger partial charge in [0, 0.05) is 32.7 Å². The van der Waals surface area contributed by atoms with Crippen LogP contribution in [-0.4, -0.2) is 56.8 Å². The highest BCUT2D eigenvalue weighted by atomic mass is 16.5. The first-order chi connectivity index (χ1) is 8.70. The fourth-order valence-corrected chi connectivity index (χ4v) is 1.66. The predicted molar refractivity (Wildman–Crippen MR) is 75.2 cm³/mol. The molecule has 5 heteroatoms. The first kappa shape index (κ1) is 17.4. The molecule has 18 heavy (non-hydrogen) atoms. The third-order valence-electron chi connectivity index (χ3n) is 2.68. The fraction of sp³-hybridized carbons (Fsp3) is 0.923. The third kappa shape index (κ3) is 11.8. The largest absolute Gasteiger partial charge is 0.388 e. The highest BCUT2D eigenvalue weighted by molar-refractivity contribution is 5.76. The molecule has 0 aliphatic rings. The molecule has 0 saturated carbocycles. The second kappa shape index (κ2) is 12.8. The lowest BCUT2D eigenvalue weighted by Crippen LogP contribution is -2.32. The van der Waals surface area contributed by atoms with Gasteiger partial charge in [0.15, 0.2) is 0 Å². The second-order valence-corrected chi connectivity index (χ2v) is 4.22. The van der Waals surface area contributed by atoms with Gasteiger partial charge in [-0.25, -0.2) is 0 Å². The number of hydrogen-bond acceptors (Lipinski definition) is 4. The van der Waals surface area contributed by atoms with Crippen molar-refractivity contribution in [2.24, 2.45) is 5.73 Å². The zero-order valence-corrected chi connectivity index (χ0v) is 11.9. The van der Waals surface area contributed by atoms with Crippen LogP contribution in [0.4, 0.5) is 0 Å². The van der Waals surface area contributed by atoms with E-state index >= 15 is 0 Å². The zero-order chi connectivity index (χ0) is 13.6. The monoisotopic (exact) mass is 259 g/mol. The molecule has 108 valence electrons. The molecule has 0 aliphatic heterocycles. The van der Waals surface area contributed by atoms with Crippen LogP contribution in [0.2, 0.25) is 0 Å². The van der Waals surface area contributed by atoms with Crippen molar-refractivity contribution in [3.8, 4) is 0 Å². The zero-order valence-electron chi connectivity index (χ0n) is 11.9. The minimum Gasteiger partial charge on any atom is -0.388 e. The van der Waals surface area contributed by atoms with Gasteiger partial charge in [-0.2, -0.15) is 0 Å². The number of amidine groups is 1. The van der Waals surface area contributed by atoms with Crippen molar-refractivity contribution < 1.29 is 9.47 Å². The smallest absolute Gasteiger partial charge is 0.0905 e. The molecular formula is C13H29N3O2.